The van der Waals surface area contributed by atoms with Crippen LogP contribution in [0.1, 0.15) is 30.6 Å². The Kier molecular flexibility index (Phi) is 7.72. The number of aliphatic hydroxyl groups excluding tert-OH is 1. The van der Waals surface area contributed by atoms with Crippen LogP contribution in [0.15, 0.2) is 34.5 Å². The molecule has 1 aromatic carbocycles. The summed E-state index contributed by atoms with van der Waals surface area (Å²) in [5.74, 6) is 0. The van der Waals surface area contributed by atoms with E-state index in [1.807, 2.05) is 7.05 Å². The predicted molar refractivity (Wildman–Crippen MR) is 97.5 cm³/mol. The highest BCUT2D eigenvalue weighted by atomic mass is 19.4. The molecule has 0 saturated heterocycles. The molecule has 27 heavy (non-hydrogen) atoms. The molecule has 9 heteroatoms. The molecule has 0 spiro atoms. The number of rotatable bonds is 12. The molecule has 0 fully saturated rings. The second-order valence-corrected chi connectivity index (χ2v) is 6.66. The van der Waals surface area contributed by atoms with E-state index in [9.17, 15) is 18.3 Å². The normalized spacial score (nSPS) is 16.7. The largest absolute Gasteiger partial charge is 0.442 e. The van der Waals surface area contributed by atoms with Crippen LogP contribution < -0.4 is 10.6 Å². The van der Waals surface area contributed by atoms with Crippen molar-refractivity contribution in [2.75, 3.05) is 46.3 Å². The average molecular weight is 387 g/mol. The van der Waals surface area contributed by atoms with Crippen LogP contribution in [-0.2, 0) is 5.66 Å². The van der Waals surface area contributed by atoms with E-state index in [4.69, 9.17) is 0 Å². The van der Waals surface area contributed by atoms with E-state index < -0.39 is 17.9 Å². The number of halogens is 3. The first-order chi connectivity index (χ1) is 12.8. The van der Waals surface area contributed by atoms with Gasteiger partial charge in [0.1, 0.15) is 0 Å². The summed E-state index contributed by atoms with van der Waals surface area (Å²) in [6.45, 7) is 6.99. The molecule has 6 nitrogen and oxygen atoms in total. The fourth-order valence-electron chi connectivity index (χ4n) is 2.90. The van der Waals surface area contributed by atoms with Gasteiger partial charge in [0.25, 0.3) is 0 Å². The van der Waals surface area contributed by atoms with Crippen molar-refractivity contribution in [2.45, 2.75) is 31.3 Å². The van der Waals surface area contributed by atoms with Crippen molar-refractivity contribution in [2.24, 2.45) is 10.2 Å². The fourth-order valence-corrected chi connectivity index (χ4v) is 2.90. The Morgan fingerprint density at radius 1 is 1.11 bits per heavy atom. The van der Waals surface area contributed by atoms with E-state index in [1.54, 1.807) is 0 Å². The highest BCUT2D eigenvalue weighted by molar-refractivity contribution is 5.33. The highest BCUT2D eigenvalue weighted by Gasteiger charge is 2.65. The Bertz CT molecular complexity index is 600. The van der Waals surface area contributed by atoms with Gasteiger partial charge in [-0.05, 0) is 25.6 Å². The maximum Gasteiger partial charge on any atom is 0.442 e. The van der Waals surface area contributed by atoms with Crippen LogP contribution in [0.4, 0.5) is 13.2 Å². The van der Waals surface area contributed by atoms with Crippen LogP contribution in [0.25, 0.3) is 0 Å². The molecular formula is C18H28F3N5O. The number of benzene rings is 1. The Morgan fingerprint density at radius 2 is 1.74 bits per heavy atom. The summed E-state index contributed by atoms with van der Waals surface area (Å²) < 4.78 is 39.0. The molecular weight excluding hydrogens is 359 g/mol. The number of hydrogen-bond donors (Lipinski definition) is 3. The summed E-state index contributed by atoms with van der Waals surface area (Å²) in [5.41, 5.74) is -1.88. The summed E-state index contributed by atoms with van der Waals surface area (Å²) in [6, 6.07) is 5.64. The smallest absolute Gasteiger partial charge is 0.387 e. The van der Waals surface area contributed by atoms with Crippen LogP contribution in [0, 0.1) is 0 Å². The van der Waals surface area contributed by atoms with Crippen molar-refractivity contribution >= 4 is 0 Å². The summed E-state index contributed by atoms with van der Waals surface area (Å²) in [6.07, 6.45) is -4.24. The minimum Gasteiger partial charge on any atom is -0.387 e. The van der Waals surface area contributed by atoms with Gasteiger partial charge in [0.15, 0.2) is 0 Å². The van der Waals surface area contributed by atoms with Crippen molar-refractivity contribution in [1.82, 2.24) is 15.5 Å². The monoisotopic (exact) mass is 387 g/mol. The van der Waals surface area contributed by atoms with Gasteiger partial charge in [-0.1, -0.05) is 31.2 Å². The second-order valence-electron chi connectivity index (χ2n) is 6.66. The number of aliphatic hydroxyl groups is 1. The molecule has 1 aliphatic rings. The molecule has 1 aliphatic heterocycles. The quantitative estimate of drug-likeness (QED) is 0.482. The Labute approximate surface area is 157 Å². The lowest BCUT2D eigenvalue weighted by atomic mass is 9.99. The van der Waals surface area contributed by atoms with Crippen molar-refractivity contribution < 1.29 is 18.3 Å². The maximum absolute atomic E-state index is 13.0. The van der Waals surface area contributed by atoms with Gasteiger partial charge >= 0.3 is 11.8 Å². The molecule has 2 rings (SSSR count). The van der Waals surface area contributed by atoms with Gasteiger partial charge in [0, 0.05) is 38.3 Å². The van der Waals surface area contributed by atoms with Crippen molar-refractivity contribution in [3.8, 4) is 0 Å². The van der Waals surface area contributed by atoms with E-state index in [1.165, 1.54) is 24.3 Å². The lowest BCUT2D eigenvalue weighted by molar-refractivity contribution is -0.166. The lowest BCUT2D eigenvalue weighted by Crippen LogP contribution is -2.37. The van der Waals surface area contributed by atoms with Gasteiger partial charge in [0.2, 0.25) is 0 Å². The van der Waals surface area contributed by atoms with E-state index in [0.29, 0.717) is 12.1 Å². The van der Waals surface area contributed by atoms with Crippen molar-refractivity contribution in [1.29, 1.82) is 0 Å². The Balaban J connectivity index is 1.78. The van der Waals surface area contributed by atoms with E-state index in [0.717, 1.165) is 39.1 Å². The van der Waals surface area contributed by atoms with E-state index in [2.05, 4.69) is 32.7 Å². The summed E-state index contributed by atoms with van der Waals surface area (Å²) in [4.78, 5) is 2.34. The molecule has 0 amide bonds. The van der Waals surface area contributed by atoms with E-state index in [-0.39, 0.29) is 5.56 Å². The molecule has 1 aromatic rings. The number of likely N-dealkylation sites (N-methyl/N-ethyl adjacent to an activating group) is 1. The molecule has 0 aliphatic carbocycles. The average Bonchev–Trinajstić information content (AvgIpc) is 3.45. The van der Waals surface area contributed by atoms with Gasteiger partial charge in [-0.3, -0.25) is 0 Å². The summed E-state index contributed by atoms with van der Waals surface area (Å²) >= 11 is 0. The van der Waals surface area contributed by atoms with Gasteiger partial charge in [-0.15, -0.1) is 10.2 Å². The van der Waals surface area contributed by atoms with Crippen LogP contribution in [0.3, 0.4) is 0 Å². The van der Waals surface area contributed by atoms with Crippen LogP contribution in [0.2, 0.25) is 0 Å². The molecule has 1 unspecified atom stereocenters. The first kappa shape index (κ1) is 21.7. The lowest BCUT2D eigenvalue weighted by Gasteiger charge is -2.22. The zero-order chi connectivity index (χ0) is 19.9. The molecule has 3 N–H and O–H groups in total. The molecule has 1 heterocycles. The first-order valence-corrected chi connectivity index (χ1v) is 9.21. The zero-order valence-corrected chi connectivity index (χ0v) is 15.8. The summed E-state index contributed by atoms with van der Waals surface area (Å²) in [5, 5.41) is 22.9. The Morgan fingerprint density at radius 3 is 2.26 bits per heavy atom. The third kappa shape index (κ3) is 5.71. The standard InChI is InChI=1S/C18H28F3N5O/c1-3-10-26(11-8-22-2)12-9-23-13-16(27)14-4-6-15(7-5-14)17(24-25-17)18(19,20)21/h4-7,16,22-23,27H,3,8-13H2,1-2H3. The third-order valence-electron chi connectivity index (χ3n) is 4.55. The summed E-state index contributed by atoms with van der Waals surface area (Å²) in [7, 11) is 1.92. The van der Waals surface area contributed by atoms with E-state index >= 15 is 0 Å². The predicted octanol–water partition coefficient (Wildman–Crippen LogP) is 2.42. The van der Waals surface area contributed by atoms with Crippen LogP contribution in [-0.4, -0.2) is 62.5 Å². The number of nitrogens with zero attached hydrogens (tertiary/aromatic N) is 3. The molecule has 0 bridgehead atoms. The minimum absolute atomic E-state index is 0.0290. The maximum atomic E-state index is 13.0. The molecule has 0 radical (unpaired) electrons. The number of nitrogens with one attached hydrogen (secondary N) is 2. The van der Waals surface area contributed by atoms with Gasteiger partial charge in [0.05, 0.1) is 6.10 Å². The minimum atomic E-state index is -4.54. The van der Waals surface area contributed by atoms with Gasteiger partial charge < -0.3 is 20.6 Å². The Hall–Kier alpha value is -1.55. The van der Waals surface area contributed by atoms with Crippen molar-refractivity contribution in [3.63, 3.8) is 0 Å². The zero-order valence-electron chi connectivity index (χ0n) is 15.8. The van der Waals surface area contributed by atoms with Gasteiger partial charge in [-0.25, -0.2) is 0 Å². The fraction of sp³-hybridized carbons (Fsp3) is 0.667. The van der Waals surface area contributed by atoms with Crippen LogP contribution >= 0.6 is 0 Å². The highest BCUT2D eigenvalue weighted by Crippen LogP contribution is 2.52. The number of hydrogen-bond acceptors (Lipinski definition) is 6. The molecule has 0 saturated carbocycles. The topological polar surface area (TPSA) is 72.2 Å². The first-order valence-electron chi connectivity index (χ1n) is 9.21. The molecule has 0 aromatic heterocycles. The van der Waals surface area contributed by atoms with Crippen molar-refractivity contribution in [3.05, 3.63) is 35.4 Å². The molecule has 152 valence electrons. The van der Waals surface area contributed by atoms with Crippen LogP contribution in [0.5, 0.6) is 0 Å². The second kappa shape index (κ2) is 9.59. The SMILES string of the molecule is CCCN(CCNC)CCNCC(O)c1ccc(C2(C(F)(F)F)N=N2)cc1. The third-order valence-corrected chi connectivity index (χ3v) is 4.55. The number of alkyl halides is 3. The molecule has 1 atom stereocenters. The van der Waals surface area contributed by atoms with Gasteiger partial charge in [-0.2, -0.15) is 13.2 Å².